The third-order valence-electron chi connectivity index (χ3n) is 2.58. The normalized spacial score (nSPS) is 12.9. The van der Waals surface area contributed by atoms with Crippen molar-refractivity contribution in [2.24, 2.45) is 0 Å². The number of hydrogen-bond donors (Lipinski definition) is 3. The van der Waals surface area contributed by atoms with Gasteiger partial charge < -0.3 is 24.6 Å². The molecule has 0 aliphatic rings. The van der Waals surface area contributed by atoms with Gasteiger partial charge in [-0.1, -0.05) is 6.07 Å². The van der Waals surface area contributed by atoms with Gasteiger partial charge in [0.1, 0.15) is 6.04 Å². The molecule has 0 fully saturated rings. The van der Waals surface area contributed by atoms with Gasteiger partial charge in [-0.3, -0.25) is 4.57 Å². The van der Waals surface area contributed by atoms with Crippen molar-refractivity contribution < 1.29 is 28.6 Å². The lowest BCUT2D eigenvalue weighted by Gasteiger charge is -2.19. The topological polar surface area (TPSA) is 105 Å². The molecular formula is C13H20NO6P. The van der Waals surface area contributed by atoms with Crippen LogP contribution in [0.15, 0.2) is 24.3 Å². The zero-order chi connectivity index (χ0) is 15.9. The molecule has 0 bridgehead atoms. The Morgan fingerprint density at radius 3 is 2.43 bits per heavy atom. The maximum atomic E-state index is 12.6. The van der Waals surface area contributed by atoms with E-state index in [1.807, 2.05) is 0 Å². The highest BCUT2D eigenvalue weighted by atomic mass is 31.2. The molecule has 0 radical (unpaired) electrons. The SMILES string of the molecule is CCOP(=O)(OCC)c1cccc(N[C@@H](CO)C(=O)O)c1. The van der Waals surface area contributed by atoms with E-state index >= 15 is 0 Å². The zero-order valence-corrected chi connectivity index (χ0v) is 12.9. The van der Waals surface area contributed by atoms with E-state index in [4.69, 9.17) is 19.3 Å². The quantitative estimate of drug-likeness (QED) is 0.592. The fraction of sp³-hybridized carbons (Fsp3) is 0.462. The van der Waals surface area contributed by atoms with Gasteiger partial charge >= 0.3 is 13.6 Å². The molecule has 0 aliphatic heterocycles. The van der Waals surface area contributed by atoms with Gasteiger partial charge in [0, 0.05) is 5.69 Å². The van der Waals surface area contributed by atoms with E-state index in [-0.39, 0.29) is 13.2 Å². The number of carboxylic acids is 1. The molecule has 1 aromatic carbocycles. The first-order chi connectivity index (χ1) is 9.96. The highest BCUT2D eigenvalue weighted by molar-refractivity contribution is 7.62. The number of aliphatic hydroxyl groups is 1. The summed E-state index contributed by atoms with van der Waals surface area (Å²) >= 11 is 0. The summed E-state index contributed by atoms with van der Waals surface area (Å²) < 4.78 is 23.1. The van der Waals surface area contributed by atoms with E-state index in [1.54, 1.807) is 32.0 Å². The van der Waals surface area contributed by atoms with E-state index in [0.717, 1.165) is 0 Å². The number of anilines is 1. The van der Waals surface area contributed by atoms with Crippen LogP contribution in [-0.2, 0) is 18.4 Å². The van der Waals surface area contributed by atoms with Crippen LogP contribution in [0, 0.1) is 0 Å². The number of hydrogen-bond acceptors (Lipinski definition) is 6. The van der Waals surface area contributed by atoms with Crippen LogP contribution in [0.4, 0.5) is 5.69 Å². The molecule has 8 heteroatoms. The fourth-order valence-electron chi connectivity index (χ4n) is 1.68. The van der Waals surface area contributed by atoms with Gasteiger partial charge in [-0.25, -0.2) is 4.79 Å². The van der Waals surface area contributed by atoms with Crippen LogP contribution in [0.2, 0.25) is 0 Å². The third kappa shape index (κ3) is 4.82. The summed E-state index contributed by atoms with van der Waals surface area (Å²) in [7, 11) is -3.42. The minimum Gasteiger partial charge on any atom is -0.480 e. The molecule has 0 saturated carbocycles. The summed E-state index contributed by atoms with van der Waals surface area (Å²) in [6.45, 7) is 3.31. The van der Waals surface area contributed by atoms with Crippen molar-refractivity contribution in [3.8, 4) is 0 Å². The standard InChI is InChI=1S/C13H20NO6P/c1-3-19-21(18,20-4-2)11-7-5-6-10(8-11)14-12(9-15)13(16)17/h5-8,12,14-15H,3-4,9H2,1-2H3,(H,16,17)/t12-/m0/s1. The van der Waals surface area contributed by atoms with E-state index in [2.05, 4.69) is 5.32 Å². The lowest BCUT2D eigenvalue weighted by molar-refractivity contribution is -0.138. The molecule has 0 aromatic heterocycles. The summed E-state index contributed by atoms with van der Waals surface area (Å²) in [5.41, 5.74) is 0.411. The first-order valence-corrected chi connectivity index (χ1v) is 8.11. The molecule has 0 unspecified atom stereocenters. The Morgan fingerprint density at radius 1 is 1.33 bits per heavy atom. The van der Waals surface area contributed by atoms with Gasteiger partial charge in [0.05, 0.1) is 25.1 Å². The van der Waals surface area contributed by atoms with Gasteiger partial charge in [-0.05, 0) is 32.0 Å². The molecule has 0 heterocycles. The number of nitrogens with one attached hydrogen (secondary N) is 1. The largest absolute Gasteiger partial charge is 0.480 e. The minimum absolute atomic E-state index is 0.226. The Labute approximate surface area is 123 Å². The monoisotopic (exact) mass is 317 g/mol. The molecule has 118 valence electrons. The Kier molecular flexibility index (Phi) is 6.84. The van der Waals surface area contributed by atoms with Crippen LogP contribution in [0.3, 0.4) is 0 Å². The van der Waals surface area contributed by atoms with Crippen molar-refractivity contribution in [2.75, 3.05) is 25.1 Å². The number of carboxylic acid groups (broad SMARTS) is 1. The summed E-state index contributed by atoms with van der Waals surface area (Å²) in [4.78, 5) is 10.9. The summed E-state index contributed by atoms with van der Waals surface area (Å²) in [5, 5.41) is 20.9. The third-order valence-corrected chi connectivity index (χ3v) is 4.69. The van der Waals surface area contributed by atoms with Gasteiger partial charge in [0.2, 0.25) is 0 Å². The number of benzene rings is 1. The molecule has 1 rings (SSSR count). The molecule has 3 N–H and O–H groups in total. The molecule has 7 nitrogen and oxygen atoms in total. The second kappa shape index (κ2) is 8.14. The Hall–Kier alpha value is -1.40. The van der Waals surface area contributed by atoms with Crippen LogP contribution in [0.1, 0.15) is 13.8 Å². The van der Waals surface area contributed by atoms with E-state index in [1.165, 1.54) is 6.07 Å². The van der Waals surface area contributed by atoms with Gasteiger partial charge in [-0.15, -0.1) is 0 Å². The first-order valence-electron chi connectivity index (χ1n) is 6.56. The summed E-state index contributed by atoms with van der Waals surface area (Å²) in [5.74, 6) is -1.18. The van der Waals surface area contributed by atoms with Crippen molar-refractivity contribution in [2.45, 2.75) is 19.9 Å². The van der Waals surface area contributed by atoms with Crippen LogP contribution < -0.4 is 10.6 Å². The van der Waals surface area contributed by atoms with Gasteiger partial charge in [0.15, 0.2) is 0 Å². The number of rotatable bonds is 9. The lowest BCUT2D eigenvalue weighted by Crippen LogP contribution is -2.33. The Morgan fingerprint density at radius 2 is 1.95 bits per heavy atom. The Bertz CT molecular complexity index is 511. The average molecular weight is 317 g/mol. The van der Waals surface area contributed by atoms with Crippen molar-refractivity contribution in [1.29, 1.82) is 0 Å². The molecule has 0 amide bonds. The number of aliphatic carboxylic acids is 1. The second-order valence-corrected chi connectivity index (χ2v) is 6.13. The number of carbonyl (C=O) groups is 1. The number of aliphatic hydroxyl groups excluding tert-OH is 1. The van der Waals surface area contributed by atoms with Crippen LogP contribution in [-0.4, -0.2) is 42.0 Å². The minimum atomic E-state index is -3.42. The van der Waals surface area contributed by atoms with Crippen LogP contribution in [0.5, 0.6) is 0 Å². The van der Waals surface area contributed by atoms with Crippen molar-refractivity contribution >= 4 is 24.6 Å². The van der Waals surface area contributed by atoms with Gasteiger partial charge in [-0.2, -0.15) is 0 Å². The zero-order valence-electron chi connectivity index (χ0n) is 12.0. The van der Waals surface area contributed by atoms with Crippen molar-refractivity contribution in [3.63, 3.8) is 0 Å². The summed E-state index contributed by atoms with van der Waals surface area (Å²) in [6.07, 6.45) is 0. The van der Waals surface area contributed by atoms with E-state index < -0.39 is 26.2 Å². The maximum absolute atomic E-state index is 12.6. The predicted octanol–water partition coefficient (Wildman–Crippen LogP) is 1.44. The predicted molar refractivity (Wildman–Crippen MR) is 79.1 cm³/mol. The lowest BCUT2D eigenvalue weighted by atomic mass is 10.2. The first kappa shape index (κ1) is 17.7. The Balaban J connectivity index is 3.03. The van der Waals surface area contributed by atoms with Crippen molar-refractivity contribution in [1.82, 2.24) is 0 Å². The second-order valence-electron chi connectivity index (χ2n) is 4.10. The van der Waals surface area contributed by atoms with Crippen molar-refractivity contribution in [3.05, 3.63) is 24.3 Å². The molecule has 21 heavy (non-hydrogen) atoms. The molecule has 0 aliphatic carbocycles. The van der Waals surface area contributed by atoms with Crippen LogP contribution >= 0.6 is 7.60 Å². The smallest absolute Gasteiger partial charge is 0.361 e. The highest BCUT2D eigenvalue weighted by Gasteiger charge is 2.27. The van der Waals surface area contributed by atoms with E-state index in [9.17, 15) is 9.36 Å². The average Bonchev–Trinajstić information content (AvgIpc) is 2.45. The molecular weight excluding hydrogens is 297 g/mol. The molecule has 0 saturated heterocycles. The summed E-state index contributed by atoms with van der Waals surface area (Å²) in [6, 6.07) is 5.17. The molecule has 1 atom stereocenters. The maximum Gasteiger partial charge on any atom is 0.361 e. The fourth-order valence-corrected chi connectivity index (χ4v) is 3.30. The van der Waals surface area contributed by atoms with Crippen LogP contribution in [0.25, 0.3) is 0 Å². The highest BCUT2D eigenvalue weighted by Crippen LogP contribution is 2.47. The molecule has 1 aromatic rings. The molecule has 0 spiro atoms. The van der Waals surface area contributed by atoms with E-state index in [0.29, 0.717) is 11.0 Å². The van der Waals surface area contributed by atoms with Gasteiger partial charge in [0.25, 0.3) is 0 Å².